The van der Waals surface area contributed by atoms with Crippen molar-refractivity contribution in [2.24, 2.45) is 0 Å². The van der Waals surface area contributed by atoms with Crippen LogP contribution in [0.1, 0.15) is 25.5 Å². The zero-order chi connectivity index (χ0) is 13.2. The second-order valence-electron chi connectivity index (χ2n) is 5.22. The van der Waals surface area contributed by atoms with E-state index >= 15 is 0 Å². The number of ether oxygens (including phenoxy) is 1. The first-order valence-corrected chi connectivity index (χ1v) is 7.01. The quantitative estimate of drug-likeness (QED) is 0.908. The van der Waals surface area contributed by atoms with Gasteiger partial charge in [-0.2, -0.15) is 0 Å². The standard InChI is InChI=1S/C16H20N2O/c1-3-19-13-9-12(10-13)18-16-8-11(2)17-15-7-5-4-6-14(15)16/h4-8,12-13H,3,9-10H2,1-2H3,(H,17,18). The molecule has 1 aromatic carbocycles. The van der Waals surface area contributed by atoms with Crippen molar-refractivity contribution in [3.63, 3.8) is 0 Å². The van der Waals surface area contributed by atoms with E-state index in [2.05, 4.69) is 41.5 Å². The summed E-state index contributed by atoms with van der Waals surface area (Å²) in [5.74, 6) is 0. The van der Waals surface area contributed by atoms with Gasteiger partial charge in [-0.25, -0.2) is 0 Å². The Morgan fingerprint density at radius 2 is 2.11 bits per heavy atom. The normalized spacial score (nSPS) is 22.2. The fourth-order valence-electron chi connectivity index (χ4n) is 2.70. The highest BCUT2D eigenvalue weighted by Crippen LogP contribution is 2.30. The Morgan fingerprint density at radius 1 is 1.32 bits per heavy atom. The molecule has 1 aliphatic carbocycles. The lowest BCUT2D eigenvalue weighted by atomic mass is 9.89. The fourth-order valence-corrected chi connectivity index (χ4v) is 2.70. The van der Waals surface area contributed by atoms with Crippen LogP contribution in [-0.2, 0) is 4.74 Å². The summed E-state index contributed by atoms with van der Waals surface area (Å²) >= 11 is 0. The molecular formula is C16H20N2O. The Hall–Kier alpha value is -1.61. The maximum Gasteiger partial charge on any atom is 0.0725 e. The van der Waals surface area contributed by atoms with Crippen molar-refractivity contribution in [3.8, 4) is 0 Å². The minimum absolute atomic E-state index is 0.441. The molecule has 0 bridgehead atoms. The summed E-state index contributed by atoms with van der Waals surface area (Å²) in [5.41, 5.74) is 3.32. The molecule has 3 rings (SSSR count). The van der Waals surface area contributed by atoms with Gasteiger partial charge >= 0.3 is 0 Å². The van der Waals surface area contributed by atoms with Gasteiger partial charge in [0.1, 0.15) is 0 Å². The molecule has 0 saturated heterocycles. The number of nitrogens with one attached hydrogen (secondary N) is 1. The number of rotatable bonds is 4. The van der Waals surface area contributed by atoms with E-state index in [9.17, 15) is 0 Å². The summed E-state index contributed by atoms with van der Waals surface area (Å²) in [5, 5.41) is 4.83. The van der Waals surface area contributed by atoms with Gasteiger partial charge in [0.05, 0.1) is 11.6 Å². The predicted octanol–water partition coefficient (Wildman–Crippen LogP) is 3.52. The molecule has 1 aromatic heterocycles. The maximum absolute atomic E-state index is 5.60. The molecule has 0 aliphatic heterocycles. The van der Waals surface area contributed by atoms with Crippen LogP contribution in [0.3, 0.4) is 0 Å². The number of anilines is 1. The maximum atomic E-state index is 5.60. The molecule has 19 heavy (non-hydrogen) atoms. The van der Waals surface area contributed by atoms with Gasteiger partial charge in [0.15, 0.2) is 0 Å². The molecule has 0 radical (unpaired) electrons. The summed E-state index contributed by atoms with van der Waals surface area (Å²) < 4.78 is 5.60. The molecule has 2 aromatic rings. The number of benzene rings is 1. The Morgan fingerprint density at radius 3 is 2.89 bits per heavy atom. The SMILES string of the molecule is CCOC1CC(Nc2cc(C)nc3ccccc23)C1. The predicted molar refractivity (Wildman–Crippen MR) is 78.5 cm³/mol. The van der Waals surface area contributed by atoms with Crippen LogP contribution in [0.15, 0.2) is 30.3 Å². The van der Waals surface area contributed by atoms with E-state index < -0.39 is 0 Å². The van der Waals surface area contributed by atoms with Gasteiger partial charge in [-0.1, -0.05) is 18.2 Å². The first kappa shape index (κ1) is 12.4. The molecule has 3 heteroatoms. The molecule has 1 fully saturated rings. The van der Waals surface area contributed by atoms with E-state index in [0.717, 1.165) is 30.7 Å². The number of hydrogen-bond acceptors (Lipinski definition) is 3. The number of fused-ring (bicyclic) bond motifs is 1. The summed E-state index contributed by atoms with van der Waals surface area (Å²) in [6.07, 6.45) is 2.64. The van der Waals surface area contributed by atoms with Gasteiger partial charge in [-0.3, -0.25) is 4.98 Å². The van der Waals surface area contributed by atoms with E-state index in [1.165, 1.54) is 11.1 Å². The van der Waals surface area contributed by atoms with Crippen molar-refractivity contribution in [1.82, 2.24) is 4.98 Å². The average molecular weight is 256 g/mol. The third kappa shape index (κ3) is 2.56. The zero-order valence-corrected chi connectivity index (χ0v) is 11.5. The number of para-hydroxylation sites is 1. The van der Waals surface area contributed by atoms with Crippen LogP contribution in [0, 0.1) is 6.92 Å². The van der Waals surface area contributed by atoms with Gasteiger partial charge in [-0.05, 0) is 38.8 Å². The number of aromatic nitrogens is 1. The Bertz CT molecular complexity index is 576. The topological polar surface area (TPSA) is 34.1 Å². The lowest BCUT2D eigenvalue weighted by Gasteiger charge is -2.36. The van der Waals surface area contributed by atoms with Crippen molar-refractivity contribution < 1.29 is 4.74 Å². The third-order valence-corrected chi connectivity index (χ3v) is 3.70. The van der Waals surface area contributed by atoms with E-state index in [1.54, 1.807) is 0 Å². The molecule has 1 saturated carbocycles. The Labute approximate surface area is 114 Å². The van der Waals surface area contributed by atoms with Crippen LogP contribution in [-0.4, -0.2) is 23.7 Å². The Balaban J connectivity index is 1.78. The van der Waals surface area contributed by atoms with Crippen molar-refractivity contribution in [1.29, 1.82) is 0 Å². The van der Waals surface area contributed by atoms with Crippen LogP contribution < -0.4 is 5.32 Å². The number of hydrogen-bond donors (Lipinski definition) is 1. The molecule has 1 heterocycles. The number of pyridine rings is 1. The average Bonchev–Trinajstić information content (AvgIpc) is 2.36. The second-order valence-corrected chi connectivity index (χ2v) is 5.22. The van der Waals surface area contributed by atoms with Crippen LogP contribution in [0.5, 0.6) is 0 Å². The molecule has 1 aliphatic rings. The van der Waals surface area contributed by atoms with E-state index in [-0.39, 0.29) is 0 Å². The fraction of sp³-hybridized carbons (Fsp3) is 0.438. The molecular weight excluding hydrogens is 236 g/mol. The minimum atomic E-state index is 0.441. The Kier molecular flexibility index (Phi) is 3.38. The molecule has 0 spiro atoms. The summed E-state index contributed by atoms with van der Waals surface area (Å²) in [7, 11) is 0. The largest absolute Gasteiger partial charge is 0.382 e. The first-order chi connectivity index (χ1) is 9.26. The molecule has 0 unspecified atom stereocenters. The highest BCUT2D eigenvalue weighted by atomic mass is 16.5. The van der Waals surface area contributed by atoms with Gasteiger partial charge < -0.3 is 10.1 Å². The summed E-state index contributed by atoms with van der Waals surface area (Å²) in [6, 6.07) is 11.0. The smallest absolute Gasteiger partial charge is 0.0725 e. The zero-order valence-electron chi connectivity index (χ0n) is 11.5. The highest BCUT2D eigenvalue weighted by molar-refractivity contribution is 5.91. The van der Waals surface area contributed by atoms with Crippen LogP contribution >= 0.6 is 0 Å². The number of aryl methyl sites for hydroxylation is 1. The van der Waals surface area contributed by atoms with Gasteiger partial charge in [0.2, 0.25) is 0 Å². The van der Waals surface area contributed by atoms with Crippen molar-refractivity contribution >= 4 is 16.6 Å². The molecule has 0 amide bonds. The van der Waals surface area contributed by atoms with Gasteiger partial charge in [0.25, 0.3) is 0 Å². The lowest BCUT2D eigenvalue weighted by molar-refractivity contribution is 0.00302. The minimum Gasteiger partial charge on any atom is -0.382 e. The third-order valence-electron chi connectivity index (χ3n) is 3.70. The van der Waals surface area contributed by atoms with E-state index in [0.29, 0.717) is 12.1 Å². The van der Waals surface area contributed by atoms with Gasteiger partial charge in [-0.15, -0.1) is 0 Å². The van der Waals surface area contributed by atoms with Crippen LogP contribution in [0.4, 0.5) is 5.69 Å². The van der Waals surface area contributed by atoms with Gasteiger partial charge in [0, 0.05) is 29.4 Å². The van der Waals surface area contributed by atoms with Crippen molar-refractivity contribution in [2.75, 3.05) is 11.9 Å². The molecule has 3 nitrogen and oxygen atoms in total. The lowest BCUT2D eigenvalue weighted by Crippen LogP contribution is -2.40. The van der Waals surface area contributed by atoms with Crippen LogP contribution in [0.25, 0.3) is 10.9 Å². The van der Waals surface area contributed by atoms with Crippen molar-refractivity contribution in [2.45, 2.75) is 38.8 Å². The monoisotopic (exact) mass is 256 g/mol. The van der Waals surface area contributed by atoms with E-state index in [4.69, 9.17) is 4.74 Å². The van der Waals surface area contributed by atoms with Crippen LogP contribution in [0.2, 0.25) is 0 Å². The van der Waals surface area contributed by atoms with E-state index in [1.807, 2.05) is 13.0 Å². The van der Waals surface area contributed by atoms with Crippen molar-refractivity contribution in [3.05, 3.63) is 36.0 Å². The summed E-state index contributed by atoms with van der Waals surface area (Å²) in [6.45, 7) is 4.91. The first-order valence-electron chi connectivity index (χ1n) is 7.01. The summed E-state index contributed by atoms with van der Waals surface area (Å²) in [4.78, 5) is 4.57. The molecule has 0 atom stereocenters. The second kappa shape index (κ2) is 5.17. The number of nitrogens with zero attached hydrogens (tertiary/aromatic N) is 1. The highest BCUT2D eigenvalue weighted by Gasteiger charge is 2.29. The molecule has 1 N–H and O–H groups in total. The molecule has 100 valence electrons.